The predicted octanol–water partition coefficient (Wildman–Crippen LogP) is 3.87. The number of likely N-dealkylation sites (tertiary alicyclic amines) is 1. The van der Waals surface area contributed by atoms with Gasteiger partial charge in [-0.3, -0.25) is 9.88 Å². The molecular formula is C17H23Cl2N3. The summed E-state index contributed by atoms with van der Waals surface area (Å²) in [7, 11) is 0. The van der Waals surface area contributed by atoms with Gasteiger partial charge in [-0.25, -0.2) is 0 Å². The van der Waals surface area contributed by atoms with Crippen molar-refractivity contribution in [2.75, 3.05) is 13.1 Å². The van der Waals surface area contributed by atoms with Crippen molar-refractivity contribution in [3.63, 3.8) is 0 Å². The molecule has 2 heterocycles. The van der Waals surface area contributed by atoms with Crippen LogP contribution in [0.5, 0.6) is 0 Å². The molecule has 0 saturated carbocycles. The molecule has 1 fully saturated rings. The van der Waals surface area contributed by atoms with Crippen LogP contribution in [-0.2, 0) is 6.54 Å². The lowest BCUT2D eigenvalue weighted by molar-refractivity contribution is 0.166. The Kier molecular flexibility index (Phi) is 6.04. The van der Waals surface area contributed by atoms with Gasteiger partial charge >= 0.3 is 0 Å². The zero-order valence-electron chi connectivity index (χ0n) is 12.8. The van der Waals surface area contributed by atoms with Crippen LogP contribution < -0.4 is 5.73 Å². The van der Waals surface area contributed by atoms with E-state index in [4.69, 9.17) is 17.3 Å². The molecule has 0 aliphatic carbocycles. The number of nitrogens with two attached hydrogens (primary N) is 1. The van der Waals surface area contributed by atoms with Gasteiger partial charge in [0.1, 0.15) is 0 Å². The molecule has 0 bridgehead atoms. The first-order valence-corrected chi connectivity index (χ1v) is 8.03. The predicted molar refractivity (Wildman–Crippen MR) is 95.7 cm³/mol. The minimum Gasteiger partial charge on any atom is -0.328 e. The first-order chi connectivity index (χ1) is 10.1. The highest BCUT2D eigenvalue weighted by Gasteiger charge is 2.22. The van der Waals surface area contributed by atoms with Crippen LogP contribution in [0.1, 0.15) is 25.3 Å². The summed E-state index contributed by atoms with van der Waals surface area (Å²) in [5, 5.41) is 1.82. The maximum absolute atomic E-state index is 6.26. The van der Waals surface area contributed by atoms with Crippen molar-refractivity contribution in [1.82, 2.24) is 9.88 Å². The van der Waals surface area contributed by atoms with E-state index in [0.29, 0.717) is 12.0 Å². The Morgan fingerprint density at radius 3 is 2.73 bits per heavy atom. The molecule has 2 N–H and O–H groups in total. The number of nitrogens with zero attached hydrogens (tertiary/aromatic N) is 2. The zero-order chi connectivity index (χ0) is 14.8. The Bertz CT molecular complexity index is 622. The van der Waals surface area contributed by atoms with Crippen LogP contribution in [0.3, 0.4) is 0 Å². The van der Waals surface area contributed by atoms with Crippen molar-refractivity contribution in [2.24, 2.45) is 11.7 Å². The van der Waals surface area contributed by atoms with E-state index >= 15 is 0 Å². The minimum atomic E-state index is 0. The molecule has 0 radical (unpaired) electrons. The molecule has 1 atom stereocenters. The number of aromatic nitrogens is 1. The Morgan fingerprint density at radius 2 is 2.05 bits per heavy atom. The SMILES string of the molecule is CC(N)C1CCN(Cc2ccc(Cl)c3cccnc23)CC1.Cl. The first kappa shape index (κ1) is 17.5. The normalized spacial score (nSPS) is 18.1. The smallest absolute Gasteiger partial charge is 0.0761 e. The maximum atomic E-state index is 6.26. The van der Waals surface area contributed by atoms with Crippen LogP contribution in [0, 0.1) is 5.92 Å². The average molecular weight is 340 g/mol. The van der Waals surface area contributed by atoms with Gasteiger partial charge in [0, 0.05) is 29.2 Å². The molecule has 3 rings (SSSR count). The van der Waals surface area contributed by atoms with Gasteiger partial charge in [-0.2, -0.15) is 0 Å². The molecule has 1 aliphatic heterocycles. The molecule has 1 aromatic heterocycles. The summed E-state index contributed by atoms with van der Waals surface area (Å²) >= 11 is 6.26. The third-order valence-electron chi connectivity index (χ3n) is 4.57. The van der Waals surface area contributed by atoms with E-state index in [0.717, 1.165) is 35.6 Å². The van der Waals surface area contributed by atoms with E-state index in [9.17, 15) is 0 Å². The van der Waals surface area contributed by atoms with Gasteiger partial charge in [0.15, 0.2) is 0 Å². The van der Waals surface area contributed by atoms with Crippen LogP contribution in [-0.4, -0.2) is 29.0 Å². The number of piperidine rings is 1. The number of benzene rings is 1. The molecule has 120 valence electrons. The molecule has 0 amide bonds. The van der Waals surface area contributed by atoms with Gasteiger partial charge in [-0.1, -0.05) is 17.7 Å². The molecule has 2 aromatic rings. The zero-order valence-corrected chi connectivity index (χ0v) is 14.4. The summed E-state index contributed by atoms with van der Waals surface area (Å²) in [6.45, 7) is 5.29. The van der Waals surface area contributed by atoms with Crippen molar-refractivity contribution in [2.45, 2.75) is 32.4 Å². The first-order valence-electron chi connectivity index (χ1n) is 7.65. The van der Waals surface area contributed by atoms with Gasteiger partial charge in [0.25, 0.3) is 0 Å². The van der Waals surface area contributed by atoms with Crippen LogP contribution >= 0.6 is 24.0 Å². The summed E-state index contributed by atoms with van der Waals surface area (Å²) in [5.41, 5.74) is 8.30. The van der Waals surface area contributed by atoms with Crippen LogP contribution in [0.4, 0.5) is 0 Å². The third kappa shape index (κ3) is 3.72. The summed E-state index contributed by atoms with van der Waals surface area (Å²) in [4.78, 5) is 7.02. The van der Waals surface area contributed by atoms with Crippen LogP contribution in [0.2, 0.25) is 5.02 Å². The Balaban J connectivity index is 0.00000176. The molecule has 1 aromatic carbocycles. The second kappa shape index (κ2) is 7.60. The highest BCUT2D eigenvalue weighted by atomic mass is 35.5. The molecular weight excluding hydrogens is 317 g/mol. The van der Waals surface area contributed by atoms with Gasteiger partial charge in [-0.15, -0.1) is 12.4 Å². The van der Waals surface area contributed by atoms with Crippen molar-refractivity contribution in [3.8, 4) is 0 Å². The average Bonchev–Trinajstić information content (AvgIpc) is 2.51. The monoisotopic (exact) mass is 339 g/mol. The number of pyridine rings is 1. The third-order valence-corrected chi connectivity index (χ3v) is 4.90. The quantitative estimate of drug-likeness (QED) is 0.922. The lowest BCUT2D eigenvalue weighted by atomic mass is 9.91. The van der Waals surface area contributed by atoms with Crippen LogP contribution in [0.25, 0.3) is 10.9 Å². The van der Waals surface area contributed by atoms with E-state index in [1.165, 1.54) is 18.4 Å². The van der Waals surface area contributed by atoms with Gasteiger partial charge in [0.2, 0.25) is 0 Å². The Labute approximate surface area is 143 Å². The standard InChI is InChI=1S/C17H22ClN3.ClH/c1-12(19)13-6-9-21(10-7-13)11-14-4-5-16(18)15-3-2-8-20-17(14)15;/h2-5,8,12-13H,6-7,9-11,19H2,1H3;1H. The van der Waals surface area contributed by atoms with E-state index in [-0.39, 0.29) is 12.4 Å². The molecule has 0 spiro atoms. The summed E-state index contributed by atoms with van der Waals surface area (Å²) in [6, 6.07) is 8.37. The van der Waals surface area contributed by atoms with Crippen molar-refractivity contribution < 1.29 is 0 Å². The van der Waals surface area contributed by atoms with E-state index in [1.807, 2.05) is 24.4 Å². The topological polar surface area (TPSA) is 42.1 Å². The lowest BCUT2D eigenvalue weighted by Crippen LogP contribution is -2.39. The second-order valence-corrected chi connectivity index (χ2v) is 6.49. The van der Waals surface area contributed by atoms with Gasteiger partial charge in [-0.05, 0) is 62.5 Å². The fourth-order valence-corrected chi connectivity index (χ4v) is 3.42. The molecule has 5 heteroatoms. The van der Waals surface area contributed by atoms with Gasteiger partial charge in [0.05, 0.1) is 5.52 Å². The number of rotatable bonds is 3. The highest BCUT2D eigenvalue weighted by molar-refractivity contribution is 6.35. The van der Waals surface area contributed by atoms with Crippen molar-refractivity contribution in [1.29, 1.82) is 0 Å². The minimum absolute atomic E-state index is 0. The maximum Gasteiger partial charge on any atom is 0.0761 e. The summed E-state index contributed by atoms with van der Waals surface area (Å²) in [6.07, 6.45) is 4.22. The fraction of sp³-hybridized carbons (Fsp3) is 0.471. The summed E-state index contributed by atoms with van der Waals surface area (Å²) < 4.78 is 0. The molecule has 1 aliphatic rings. The van der Waals surface area contributed by atoms with Crippen LogP contribution in [0.15, 0.2) is 30.5 Å². The number of halogens is 2. The number of fused-ring (bicyclic) bond motifs is 1. The fourth-order valence-electron chi connectivity index (χ4n) is 3.20. The second-order valence-electron chi connectivity index (χ2n) is 6.08. The Morgan fingerprint density at radius 1 is 1.32 bits per heavy atom. The van der Waals surface area contributed by atoms with E-state index < -0.39 is 0 Å². The van der Waals surface area contributed by atoms with Gasteiger partial charge < -0.3 is 5.73 Å². The molecule has 1 saturated heterocycles. The van der Waals surface area contributed by atoms with E-state index in [1.54, 1.807) is 0 Å². The Hall–Kier alpha value is -0.870. The summed E-state index contributed by atoms with van der Waals surface area (Å²) in [5.74, 6) is 0.668. The number of hydrogen-bond acceptors (Lipinski definition) is 3. The van der Waals surface area contributed by atoms with Crippen molar-refractivity contribution in [3.05, 3.63) is 41.0 Å². The van der Waals surface area contributed by atoms with E-state index in [2.05, 4.69) is 22.9 Å². The number of hydrogen-bond donors (Lipinski definition) is 1. The molecule has 3 nitrogen and oxygen atoms in total. The molecule has 22 heavy (non-hydrogen) atoms. The lowest BCUT2D eigenvalue weighted by Gasteiger charge is -2.33. The van der Waals surface area contributed by atoms with Crippen molar-refractivity contribution >= 4 is 34.9 Å². The largest absolute Gasteiger partial charge is 0.328 e. The molecule has 1 unspecified atom stereocenters. The highest BCUT2D eigenvalue weighted by Crippen LogP contribution is 2.27.